The van der Waals surface area contributed by atoms with Crippen molar-refractivity contribution in [2.75, 3.05) is 7.11 Å². The molecule has 1 rings (SSSR count). The summed E-state index contributed by atoms with van der Waals surface area (Å²) in [6.45, 7) is 5.04. The van der Waals surface area contributed by atoms with E-state index in [-0.39, 0.29) is 6.10 Å². The van der Waals surface area contributed by atoms with Gasteiger partial charge in [0, 0.05) is 32.1 Å². The highest BCUT2D eigenvalue weighted by Gasteiger charge is 2.09. The molecule has 1 aromatic rings. The van der Waals surface area contributed by atoms with Crippen molar-refractivity contribution in [3.8, 4) is 0 Å². The summed E-state index contributed by atoms with van der Waals surface area (Å²) in [5.74, 6) is 0. The van der Waals surface area contributed by atoms with Crippen LogP contribution >= 0.6 is 0 Å². The lowest BCUT2D eigenvalue weighted by Crippen LogP contribution is -2.36. The van der Waals surface area contributed by atoms with Crippen molar-refractivity contribution < 1.29 is 4.74 Å². The van der Waals surface area contributed by atoms with Crippen LogP contribution in [-0.4, -0.2) is 24.2 Å². The Morgan fingerprint density at radius 3 is 2.57 bits per heavy atom. The molecule has 0 aliphatic carbocycles. The van der Waals surface area contributed by atoms with Crippen LogP contribution in [-0.2, 0) is 11.3 Å². The summed E-state index contributed by atoms with van der Waals surface area (Å²) in [6.07, 6.45) is 3.85. The van der Waals surface area contributed by atoms with Crippen molar-refractivity contribution in [3.63, 3.8) is 0 Å². The fraction of sp³-hybridized carbons (Fsp3) is 0.545. The third-order valence-corrected chi connectivity index (χ3v) is 2.45. The normalized spacial score (nSPS) is 15.1. The fourth-order valence-corrected chi connectivity index (χ4v) is 1.15. The molecule has 0 spiro atoms. The molecule has 0 radical (unpaired) electrons. The van der Waals surface area contributed by atoms with Gasteiger partial charge in [0.2, 0.25) is 0 Å². The summed E-state index contributed by atoms with van der Waals surface area (Å²) in [5.41, 5.74) is 1.25. The Kier molecular flexibility index (Phi) is 4.56. The Balaban J connectivity index is 2.34. The van der Waals surface area contributed by atoms with E-state index in [9.17, 15) is 0 Å². The standard InChI is InChI=1S/C11H18N2O/c1-9(10(2)14-3)13-8-11-4-6-12-7-5-11/h4-7,9-10,13H,8H2,1-3H3. The predicted octanol–water partition coefficient (Wildman–Crippen LogP) is 1.59. The van der Waals surface area contributed by atoms with Crippen LogP contribution in [0, 0.1) is 0 Å². The molecule has 0 saturated heterocycles. The Morgan fingerprint density at radius 1 is 1.36 bits per heavy atom. The van der Waals surface area contributed by atoms with Gasteiger partial charge in [0.1, 0.15) is 0 Å². The largest absolute Gasteiger partial charge is 0.380 e. The monoisotopic (exact) mass is 194 g/mol. The quantitative estimate of drug-likeness (QED) is 0.773. The van der Waals surface area contributed by atoms with Gasteiger partial charge in [-0.05, 0) is 31.5 Å². The molecule has 0 bridgehead atoms. The molecule has 0 aromatic carbocycles. The minimum absolute atomic E-state index is 0.233. The fourth-order valence-electron chi connectivity index (χ4n) is 1.15. The van der Waals surface area contributed by atoms with Crippen molar-refractivity contribution in [2.45, 2.75) is 32.5 Å². The Labute approximate surface area is 85.5 Å². The molecule has 3 nitrogen and oxygen atoms in total. The molecule has 1 aromatic heterocycles. The minimum Gasteiger partial charge on any atom is -0.380 e. The number of nitrogens with zero attached hydrogens (tertiary/aromatic N) is 1. The van der Waals surface area contributed by atoms with Crippen LogP contribution in [0.4, 0.5) is 0 Å². The zero-order chi connectivity index (χ0) is 10.4. The molecule has 2 unspecified atom stereocenters. The number of hydrogen-bond acceptors (Lipinski definition) is 3. The zero-order valence-electron chi connectivity index (χ0n) is 9.03. The van der Waals surface area contributed by atoms with Gasteiger partial charge in [-0.2, -0.15) is 0 Å². The van der Waals surface area contributed by atoms with Gasteiger partial charge in [0.15, 0.2) is 0 Å². The zero-order valence-corrected chi connectivity index (χ0v) is 9.03. The summed E-state index contributed by atoms with van der Waals surface area (Å²) in [7, 11) is 1.73. The van der Waals surface area contributed by atoms with Crippen molar-refractivity contribution >= 4 is 0 Å². The molecule has 1 heterocycles. The van der Waals surface area contributed by atoms with E-state index in [4.69, 9.17) is 4.74 Å². The number of methoxy groups -OCH3 is 1. The van der Waals surface area contributed by atoms with Crippen molar-refractivity contribution in [2.24, 2.45) is 0 Å². The Bertz CT molecular complexity index is 251. The molecule has 2 atom stereocenters. The Hall–Kier alpha value is -0.930. The molecule has 0 aliphatic rings. The molecule has 0 fully saturated rings. The molecular weight excluding hydrogens is 176 g/mol. The van der Waals surface area contributed by atoms with Crippen LogP contribution in [0.2, 0.25) is 0 Å². The number of rotatable bonds is 5. The van der Waals surface area contributed by atoms with Crippen LogP contribution in [0.15, 0.2) is 24.5 Å². The summed E-state index contributed by atoms with van der Waals surface area (Å²) in [4.78, 5) is 3.97. The van der Waals surface area contributed by atoms with E-state index in [0.29, 0.717) is 6.04 Å². The molecule has 0 aliphatic heterocycles. The molecular formula is C11H18N2O. The first kappa shape index (κ1) is 11.1. The lowest BCUT2D eigenvalue weighted by molar-refractivity contribution is 0.0882. The SMILES string of the molecule is COC(C)C(C)NCc1ccncc1. The highest BCUT2D eigenvalue weighted by Crippen LogP contribution is 2.00. The molecule has 0 saturated carbocycles. The average Bonchev–Trinajstić information content (AvgIpc) is 2.26. The highest BCUT2D eigenvalue weighted by atomic mass is 16.5. The lowest BCUT2D eigenvalue weighted by atomic mass is 10.2. The first-order chi connectivity index (χ1) is 6.74. The summed E-state index contributed by atoms with van der Waals surface area (Å²) >= 11 is 0. The topological polar surface area (TPSA) is 34.1 Å². The van der Waals surface area contributed by atoms with Crippen molar-refractivity contribution in [1.29, 1.82) is 0 Å². The first-order valence-electron chi connectivity index (χ1n) is 4.89. The maximum absolute atomic E-state index is 5.23. The van der Waals surface area contributed by atoms with E-state index >= 15 is 0 Å². The number of nitrogens with one attached hydrogen (secondary N) is 1. The number of ether oxygens (including phenoxy) is 1. The van der Waals surface area contributed by atoms with E-state index in [1.54, 1.807) is 19.5 Å². The number of aromatic nitrogens is 1. The molecule has 1 N–H and O–H groups in total. The Morgan fingerprint density at radius 2 is 2.00 bits per heavy atom. The van der Waals surface area contributed by atoms with Crippen molar-refractivity contribution in [3.05, 3.63) is 30.1 Å². The maximum atomic E-state index is 5.23. The lowest BCUT2D eigenvalue weighted by Gasteiger charge is -2.19. The van der Waals surface area contributed by atoms with E-state index in [2.05, 4.69) is 24.1 Å². The summed E-state index contributed by atoms with van der Waals surface area (Å²) in [5, 5.41) is 3.40. The molecule has 78 valence electrons. The molecule has 3 heteroatoms. The van der Waals surface area contributed by atoms with E-state index in [0.717, 1.165) is 6.54 Å². The first-order valence-corrected chi connectivity index (χ1v) is 4.89. The van der Waals surface area contributed by atoms with E-state index in [1.807, 2.05) is 12.1 Å². The summed E-state index contributed by atoms with van der Waals surface area (Å²) in [6, 6.07) is 4.38. The highest BCUT2D eigenvalue weighted by molar-refractivity contribution is 5.09. The van der Waals surface area contributed by atoms with Crippen LogP contribution < -0.4 is 5.32 Å². The minimum atomic E-state index is 0.233. The second kappa shape index (κ2) is 5.73. The maximum Gasteiger partial charge on any atom is 0.0693 e. The number of hydrogen-bond donors (Lipinski definition) is 1. The summed E-state index contributed by atoms with van der Waals surface area (Å²) < 4.78 is 5.23. The third kappa shape index (κ3) is 3.44. The van der Waals surface area contributed by atoms with E-state index in [1.165, 1.54) is 5.56 Å². The van der Waals surface area contributed by atoms with Crippen LogP contribution in [0.3, 0.4) is 0 Å². The van der Waals surface area contributed by atoms with Crippen LogP contribution in [0.5, 0.6) is 0 Å². The van der Waals surface area contributed by atoms with Gasteiger partial charge < -0.3 is 10.1 Å². The van der Waals surface area contributed by atoms with Gasteiger partial charge in [-0.1, -0.05) is 0 Å². The van der Waals surface area contributed by atoms with Crippen LogP contribution in [0.25, 0.3) is 0 Å². The third-order valence-electron chi connectivity index (χ3n) is 2.45. The van der Waals surface area contributed by atoms with Crippen molar-refractivity contribution in [1.82, 2.24) is 10.3 Å². The molecule has 0 amide bonds. The number of pyridine rings is 1. The van der Waals surface area contributed by atoms with Gasteiger partial charge in [-0.25, -0.2) is 0 Å². The van der Waals surface area contributed by atoms with Gasteiger partial charge in [0.25, 0.3) is 0 Å². The predicted molar refractivity (Wildman–Crippen MR) is 57.0 cm³/mol. The smallest absolute Gasteiger partial charge is 0.0693 e. The van der Waals surface area contributed by atoms with E-state index < -0.39 is 0 Å². The van der Waals surface area contributed by atoms with Gasteiger partial charge in [-0.15, -0.1) is 0 Å². The molecule has 14 heavy (non-hydrogen) atoms. The van der Waals surface area contributed by atoms with Gasteiger partial charge >= 0.3 is 0 Å². The van der Waals surface area contributed by atoms with Gasteiger partial charge in [0.05, 0.1) is 6.10 Å². The van der Waals surface area contributed by atoms with Crippen LogP contribution in [0.1, 0.15) is 19.4 Å². The average molecular weight is 194 g/mol. The van der Waals surface area contributed by atoms with Gasteiger partial charge in [-0.3, -0.25) is 4.98 Å². The second-order valence-corrected chi connectivity index (χ2v) is 3.47. The second-order valence-electron chi connectivity index (χ2n) is 3.47.